The molecule has 0 saturated carbocycles. The van der Waals surface area contributed by atoms with Crippen LogP contribution in [0.5, 0.6) is 0 Å². The van der Waals surface area contributed by atoms with Crippen LogP contribution >= 0.6 is 0 Å². The molecule has 5 rings (SSSR count). The summed E-state index contributed by atoms with van der Waals surface area (Å²) < 4.78 is 5.46. The van der Waals surface area contributed by atoms with Gasteiger partial charge in [-0.3, -0.25) is 0 Å². The molecule has 2 aliphatic carbocycles. The average molecular weight is 280 g/mol. The van der Waals surface area contributed by atoms with Gasteiger partial charge in [0.25, 0.3) is 0 Å². The Bertz CT molecular complexity index is 631. The van der Waals surface area contributed by atoms with E-state index < -0.39 is 0 Å². The van der Waals surface area contributed by atoms with Gasteiger partial charge in [0.05, 0.1) is 12.2 Å². The lowest BCUT2D eigenvalue weighted by Crippen LogP contribution is -2.11. The highest BCUT2D eigenvalue weighted by Gasteiger charge is 2.42. The Morgan fingerprint density at radius 3 is 1.95 bits per heavy atom. The standard InChI is InChI=1S/C10H10O.C9H8.H2O/c1-2-4-8-6-10-9(11-10)5-7(8)3-1;1-2-5-9-7-3-6-8(9)4-1;/h1-4,9-10H,5-6H2;1-6H,7H2;1H2. The van der Waals surface area contributed by atoms with Crippen LogP contribution in [0.4, 0.5) is 0 Å². The number of fused-ring (bicyclic) bond motifs is 3. The Morgan fingerprint density at radius 2 is 1.33 bits per heavy atom. The SMILES string of the molecule is C1=Cc2ccccc2C1.O.c1ccc2c(c1)CC1OC1C2. The molecule has 0 aromatic heterocycles. The molecule has 0 bridgehead atoms. The molecule has 2 atom stereocenters. The van der Waals surface area contributed by atoms with Crippen molar-refractivity contribution in [2.24, 2.45) is 0 Å². The highest BCUT2D eigenvalue weighted by molar-refractivity contribution is 5.59. The normalized spacial score (nSPS) is 22.9. The molecule has 1 saturated heterocycles. The molecule has 2 aromatic carbocycles. The Kier molecular flexibility index (Phi) is 3.91. The van der Waals surface area contributed by atoms with Crippen molar-refractivity contribution < 1.29 is 10.2 Å². The van der Waals surface area contributed by atoms with Gasteiger partial charge in [-0.05, 0) is 28.7 Å². The van der Waals surface area contributed by atoms with E-state index in [2.05, 4.69) is 60.7 Å². The minimum atomic E-state index is 0. The minimum absolute atomic E-state index is 0. The molecule has 0 radical (unpaired) electrons. The Hall–Kier alpha value is -1.90. The Labute approximate surface area is 125 Å². The Morgan fingerprint density at radius 1 is 0.762 bits per heavy atom. The fraction of sp³-hybridized carbons (Fsp3) is 0.263. The maximum absolute atomic E-state index is 5.46. The third-order valence-electron chi connectivity index (χ3n) is 4.34. The van der Waals surface area contributed by atoms with Crippen molar-refractivity contribution in [1.82, 2.24) is 0 Å². The Balaban J connectivity index is 0.000000123. The van der Waals surface area contributed by atoms with Gasteiger partial charge in [-0.15, -0.1) is 0 Å². The molecule has 0 amide bonds. The molecule has 2 aromatic rings. The van der Waals surface area contributed by atoms with Crippen LogP contribution in [-0.4, -0.2) is 17.7 Å². The molecule has 1 aliphatic heterocycles. The van der Waals surface area contributed by atoms with Crippen molar-refractivity contribution in [3.63, 3.8) is 0 Å². The lowest BCUT2D eigenvalue weighted by atomic mass is 9.92. The molecule has 108 valence electrons. The van der Waals surface area contributed by atoms with Crippen molar-refractivity contribution >= 4 is 6.08 Å². The zero-order valence-corrected chi connectivity index (χ0v) is 12.0. The predicted octanol–water partition coefficient (Wildman–Crippen LogP) is 2.98. The van der Waals surface area contributed by atoms with Crippen LogP contribution in [0, 0.1) is 0 Å². The second kappa shape index (κ2) is 5.84. The van der Waals surface area contributed by atoms with E-state index in [9.17, 15) is 0 Å². The second-order valence-electron chi connectivity index (χ2n) is 5.70. The molecule has 2 unspecified atom stereocenters. The first-order valence-electron chi connectivity index (χ1n) is 7.37. The van der Waals surface area contributed by atoms with Crippen LogP contribution in [0.3, 0.4) is 0 Å². The van der Waals surface area contributed by atoms with Gasteiger partial charge in [-0.1, -0.05) is 60.7 Å². The van der Waals surface area contributed by atoms with Crippen molar-refractivity contribution in [3.05, 3.63) is 76.9 Å². The van der Waals surface area contributed by atoms with Crippen molar-refractivity contribution in [1.29, 1.82) is 0 Å². The molecule has 1 heterocycles. The van der Waals surface area contributed by atoms with E-state index in [0.717, 1.165) is 19.3 Å². The number of hydrogen-bond donors (Lipinski definition) is 0. The molecule has 2 nitrogen and oxygen atoms in total. The fourth-order valence-electron chi connectivity index (χ4n) is 3.12. The number of hydrogen-bond acceptors (Lipinski definition) is 1. The number of benzene rings is 2. The van der Waals surface area contributed by atoms with Gasteiger partial charge in [0.2, 0.25) is 0 Å². The molecule has 3 aliphatic rings. The number of rotatable bonds is 0. The number of epoxide rings is 1. The molecule has 1 fully saturated rings. The monoisotopic (exact) mass is 280 g/mol. The number of ether oxygens (including phenoxy) is 1. The highest BCUT2D eigenvalue weighted by atomic mass is 16.6. The van der Waals surface area contributed by atoms with Crippen LogP contribution in [0.1, 0.15) is 22.3 Å². The van der Waals surface area contributed by atoms with Crippen LogP contribution in [0.25, 0.3) is 6.08 Å². The molecular formula is C19H20O2. The molecule has 0 spiro atoms. The lowest BCUT2D eigenvalue weighted by Gasteiger charge is -2.10. The summed E-state index contributed by atoms with van der Waals surface area (Å²) in [6, 6.07) is 17.2. The van der Waals surface area contributed by atoms with Gasteiger partial charge in [0.15, 0.2) is 0 Å². The summed E-state index contributed by atoms with van der Waals surface area (Å²) in [4.78, 5) is 0. The van der Waals surface area contributed by atoms with E-state index in [1.54, 1.807) is 0 Å². The third kappa shape index (κ3) is 2.92. The van der Waals surface area contributed by atoms with E-state index in [1.807, 2.05) is 0 Å². The second-order valence-corrected chi connectivity index (χ2v) is 5.70. The van der Waals surface area contributed by atoms with Gasteiger partial charge in [0.1, 0.15) is 0 Å². The topological polar surface area (TPSA) is 44.0 Å². The van der Waals surface area contributed by atoms with E-state index in [1.165, 1.54) is 22.3 Å². The summed E-state index contributed by atoms with van der Waals surface area (Å²) in [7, 11) is 0. The zero-order chi connectivity index (χ0) is 13.4. The largest absolute Gasteiger partial charge is 0.412 e. The summed E-state index contributed by atoms with van der Waals surface area (Å²) >= 11 is 0. The van der Waals surface area contributed by atoms with Crippen molar-refractivity contribution in [2.45, 2.75) is 31.5 Å². The number of allylic oxidation sites excluding steroid dienone is 1. The molecule has 2 heteroatoms. The van der Waals surface area contributed by atoms with Crippen LogP contribution in [0.2, 0.25) is 0 Å². The maximum Gasteiger partial charge on any atom is 0.0885 e. The van der Waals surface area contributed by atoms with Crippen molar-refractivity contribution in [3.8, 4) is 0 Å². The summed E-state index contributed by atoms with van der Waals surface area (Å²) in [5, 5.41) is 0. The maximum atomic E-state index is 5.46. The fourth-order valence-corrected chi connectivity index (χ4v) is 3.12. The van der Waals surface area contributed by atoms with Crippen LogP contribution < -0.4 is 0 Å². The first kappa shape index (κ1) is 14.1. The average Bonchev–Trinajstić information content (AvgIpc) is 3.08. The van der Waals surface area contributed by atoms with Gasteiger partial charge in [-0.25, -0.2) is 0 Å². The first-order valence-corrected chi connectivity index (χ1v) is 7.37. The van der Waals surface area contributed by atoms with Crippen LogP contribution in [0.15, 0.2) is 54.6 Å². The highest BCUT2D eigenvalue weighted by Crippen LogP contribution is 2.35. The predicted molar refractivity (Wildman–Crippen MR) is 85.3 cm³/mol. The summed E-state index contributed by atoms with van der Waals surface area (Å²) in [5.74, 6) is 0. The van der Waals surface area contributed by atoms with Crippen LogP contribution in [-0.2, 0) is 24.0 Å². The van der Waals surface area contributed by atoms with Gasteiger partial charge >= 0.3 is 0 Å². The van der Waals surface area contributed by atoms with E-state index in [0.29, 0.717) is 12.2 Å². The summed E-state index contributed by atoms with van der Waals surface area (Å²) in [5.41, 5.74) is 5.83. The quantitative estimate of drug-likeness (QED) is 0.684. The van der Waals surface area contributed by atoms with Crippen molar-refractivity contribution in [2.75, 3.05) is 0 Å². The molecule has 2 N–H and O–H groups in total. The van der Waals surface area contributed by atoms with E-state index >= 15 is 0 Å². The molecule has 21 heavy (non-hydrogen) atoms. The van der Waals surface area contributed by atoms with Gasteiger partial charge in [-0.2, -0.15) is 0 Å². The smallest absolute Gasteiger partial charge is 0.0885 e. The van der Waals surface area contributed by atoms with Gasteiger partial charge in [0, 0.05) is 12.8 Å². The minimum Gasteiger partial charge on any atom is -0.412 e. The summed E-state index contributed by atoms with van der Waals surface area (Å²) in [6.07, 6.45) is 8.90. The van der Waals surface area contributed by atoms with E-state index in [-0.39, 0.29) is 5.48 Å². The zero-order valence-electron chi connectivity index (χ0n) is 12.0. The first-order chi connectivity index (χ1) is 9.90. The molecular weight excluding hydrogens is 260 g/mol. The summed E-state index contributed by atoms with van der Waals surface area (Å²) in [6.45, 7) is 0. The lowest BCUT2D eigenvalue weighted by molar-refractivity contribution is 0.375. The van der Waals surface area contributed by atoms with Gasteiger partial charge < -0.3 is 10.2 Å². The van der Waals surface area contributed by atoms with E-state index in [4.69, 9.17) is 4.74 Å². The third-order valence-corrected chi connectivity index (χ3v) is 4.34.